The fourth-order valence-corrected chi connectivity index (χ4v) is 1.91. The van der Waals surface area contributed by atoms with Crippen molar-refractivity contribution in [1.29, 1.82) is 0 Å². The van der Waals surface area contributed by atoms with Crippen LogP contribution in [-0.4, -0.2) is 0 Å². The number of rotatable bonds is 5. The molecule has 1 atom stereocenters. The van der Waals surface area contributed by atoms with E-state index in [1.165, 1.54) is 12.8 Å². The number of allylic oxidation sites excluding steroid dienone is 2. The third-order valence-corrected chi connectivity index (χ3v) is 2.99. The summed E-state index contributed by atoms with van der Waals surface area (Å²) in [4.78, 5) is 0. The van der Waals surface area contributed by atoms with Crippen LogP contribution in [0.2, 0.25) is 0 Å². The summed E-state index contributed by atoms with van der Waals surface area (Å²) in [5, 5.41) is 0. The van der Waals surface area contributed by atoms with Crippen LogP contribution in [0.5, 0.6) is 0 Å². The van der Waals surface area contributed by atoms with E-state index in [0.717, 1.165) is 11.8 Å². The summed E-state index contributed by atoms with van der Waals surface area (Å²) in [6, 6.07) is 0. The van der Waals surface area contributed by atoms with Gasteiger partial charge in [-0.2, -0.15) is 0 Å². The quantitative estimate of drug-likeness (QED) is 0.542. The Bertz CT molecular complexity index is 151. The minimum absolute atomic E-state index is 0.480. The van der Waals surface area contributed by atoms with Crippen molar-refractivity contribution in [1.82, 2.24) is 0 Å². The van der Waals surface area contributed by atoms with Crippen molar-refractivity contribution >= 4 is 0 Å². The largest absolute Gasteiger partial charge is 0.0917 e. The van der Waals surface area contributed by atoms with Crippen LogP contribution in [0.1, 0.15) is 54.4 Å². The fraction of sp³-hybridized carbons (Fsp3) is 0.846. The first-order valence-electron chi connectivity index (χ1n) is 5.51. The molecule has 0 fully saturated rings. The van der Waals surface area contributed by atoms with Gasteiger partial charge >= 0.3 is 0 Å². The van der Waals surface area contributed by atoms with Crippen LogP contribution in [-0.2, 0) is 0 Å². The van der Waals surface area contributed by atoms with Gasteiger partial charge in [-0.3, -0.25) is 0 Å². The van der Waals surface area contributed by atoms with E-state index in [2.05, 4.69) is 53.7 Å². The second-order valence-electron chi connectivity index (χ2n) is 5.29. The molecule has 0 aromatic rings. The van der Waals surface area contributed by atoms with Gasteiger partial charge in [0.15, 0.2) is 0 Å². The average molecular weight is 182 g/mol. The van der Waals surface area contributed by atoms with Crippen LogP contribution >= 0.6 is 0 Å². The lowest BCUT2D eigenvalue weighted by atomic mass is 9.73. The maximum absolute atomic E-state index is 2.39. The molecular weight excluding hydrogens is 156 g/mol. The maximum atomic E-state index is 2.39. The summed E-state index contributed by atoms with van der Waals surface area (Å²) in [5.74, 6) is 1.59. The van der Waals surface area contributed by atoms with E-state index in [1.54, 1.807) is 0 Å². The van der Waals surface area contributed by atoms with Crippen molar-refractivity contribution in [2.24, 2.45) is 17.3 Å². The van der Waals surface area contributed by atoms with Gasteiger partial charge in [-0.15, -0.1) is 0 Å². The van der Waals surface area contributed by atoms with Crippen molar-refractivity contribution in [2.45, 2.75) is 54.4 Å². The molecule has 0 aromatic heterocycles. The molecule has 0 aliphatic carbocycles. The molecule has 0 bridgehead atoms. The zero-order valence-electron chi connectivity index (χ0n) is 10.2. The van der Waals surface area contributed by atoms with Crippen LogP contribution in [0, 0.1) is 17.3 Å². The van der Waals surface area contributed by atoms with Gasteiger partial charge in [-0.25, -0.2) is 0 Å². The van der Waals surface area contributed by atoms with Gasteiger partial charge in [-0.1, -0.05) is 46.8 Å². The highest BCUT2D eigenvalue weighted by Gasteiger charge is 2.25. The Morgan fingerprint density at radius 3 is 2.08 bits per heavy atom. The van der Waals surface area contributed by atoms with Crippen LogP contribution in [0.15, 0.2) is 12.2 Å². The number of hydrogen-bond acceptors (Lipinski definition) is 0. The van der Waals surface area contributed by atoms with Crippen molar-refractivity contribution < 1.29 is 0 Å². The molecule has 0 heteroatoms. The van der Waals surface area contributed by atoms with Crippen molar-refractivity contribution in [3.8, 4) is 0 Å². The highest BCUT2D eigenvalue weighted by molar-refractivity contribution is 4.85. The maximum Gasteiger partial charge on any atom is -0.0320 e. The smallest absolute Gasteiger partial charge is 0.0320 e. The Labute approximate surface area is 84.4 Å². The number of hydrogen-bond donors (Lipinski definition) is 0. The second kappa shape index (κ2) is 5.47. The van der Waals surface area contributed by atoms with Crippen molar-refractivity contribution in [2.75, 3.05) is 0 Å². The summed E-state index contributed by atoms with van der Waals surface area (Å²) >= 11 is 0. The molecule has 0 heterocycles. The predicted octanol–water partition coefficient (Wildman–Crippen LogP) is 4.66. The molecule has 0 amide bonds. The minimum Gasteiger partial charge on any atom is -0.0917 e. The minimum atomic E-state index is 0.480. The molecule has 0 spiro atoms. The highest BCUT2D eigenvalue weighted by atomic mass is 14.3. The zero-order chi connectivity index (χ0) is 10.5. The summed E-state index contributed by atoms with van der Waals surface area (Å²) in [6.45, 7) is 13.9. The van der Waals surface area contributed by atoms with E-state index in [9.17, 15) is 0 Å². The highest BCUT2D eigenvalue weighted by Crippen LogP contribution is 2.35. The molecule has 0 N–H and O–H groups in total. The van der Waals surface area contributed by atoms with Crippen LogP contribution < -0.4 is 0 Å². The summed E-state index contributed by atoms with van der Waals surface area (Å²) < 4.78 is 0. The van der Waals surface area contributed by atoms with E-state index in [4.69, 9.17) is 0 Å². The lowest BCUT2D eigenvalue weighted by Crippen LogP contribution is -2.23. The summed E-state index contributed by atoms with van der Waals surface area (Å²) in [7, 11) is 0. The Morgan fingerprint density at radius 1 is 1.15 bits per heavy atom. The Morgan fingerprint density at radius 2 is 1.69 bits per heavy atom. The van der Waals surface area contributed by atoms with Gasteiger partial charge in [0.25, 0.3) is 0 Å². The van der Waals surface area contributed by atoms with Crippen molar-refractivity contribution in [3.05, 3.63) is 12.2 Å². The summed E-state index contributed by atoms with van der Waals surface area (Å²) in [6.07, 6.45) is 6.98. The van der Waals surface area contributed by atoms with E-state index in [-0.39, 0.29) is 0 Å². The lowest BCUT2D eigenvalue weighted by Gasteiger charge is -2.33. The lowest BCUT2D eigenvalue weighted by molar-refractivity contribution is 0.186. The zero-order valence-corrected chi connectivity index (χ0v) is 10.2. The molecule has 0 aliphatic heterocycles. The average Bonchev–Trinajstić information content (AvgIpc) is 1.97. The summed E-state index contributed by atoms with van der Waals surface area (Å²) in [5.41, 5.74) is 0.480. The Kier molecular flexibility index (Phi) is 5.36. The van der Waals surface area contributed by atoms with Crippen molar-refractivity contribution in [3.63, 3.8) is 0 Å². The molecule has 0 aromatic carbocycles. The molecule has 0 rings (SSSR count). The topological polar surface area (TPSA) is 0 Å². The van der Waals surface area contributed by atoms with Gasteiger partial charge in [0.1, 0.15) is 0 Å². The first kappa shape index (κ1) is 12.7. The SMILES string of the molecule is CC=CCC(C)C(C)(C)CC(C)C. The molecule has 0 radical (unpaired) electrons. The second-order valence-corrected chi connectivity index (χ2v) is 5.29. The van der Waals surface area contributed by atoms with Gasteiger partial charge in [0.05, 0.1) is 0 Å². The van der Waals surface area contributed by atoms with Crippen LogP contribution in [0.3, 0.4) is 0 Å². The standard InChI is InChI=1S/C13H26/c1-7-8-9-12(4)13(5,6)10-11(2)3/h7-8,11-12H,9-10H2,1-6H3. The van der Waals surface area contributed by atoms with Gasteiger partial charge in [0, 0.05) is 0 Å². The molecule has 1 unspecified atom stereocenters. The monoisotopic (exact) mass is 182 g/mol. The van der Waals surface area contributed by atoms with Gasteiger partial charge < -0.3 is 0 Å². The molecule has 78 valence electrons. The molecule has 0 nitrogen and oxygen atoms in total. The van der Waals surface area contributed by atoms with E-state index in [1.807, 2.05) is 0 Å². The first-order valence-corrected chi connectivity index (χ1v) is 5.51. The molecule has 0 saturated heterocycles. The predicted molar refractivity (Wildman–Crippen MR) is 61.8 cm³/mol. The van der Waals surface area contributed by atoms with Gasteiger partial charge in [-0.05, 0) is 37.0 Å². The third-order valence-electron chi connectivity index (χ3n) is 2.99. The van der Waals surface area contributed by atoms with Gasteiger partial charge in [0.2, 0.25) is 0 Å². The molecule has 13 heavy (non-hydrogen) atoms. The fourth-order valence-electron chi connectivity index (χ4n) is 1.91. The normalized spacial score (nSPS) is 15.6. The molecule has 0 saturated carbocycles. The van der Waals surface area contributed by atoms with Crippen LogP contribution in [0.25, 0.3) is 0 Å². The first-order chi connectivity index (χ1) is 5.90. The van der Waals surface area contributed by atoms with E-state index >= 15 is 0 Å². The Hall–Kier alpha value is -0.260. The third kappa shape index (κ3) is 5.13. The molecular formula is C13H26. The molecule has 0 aliphatic rings. The van der Waals surface area contributed by atoms with Crippen LogP contribution in [0.4, 0.5) is 0 Å². The van der Waals surface area contributed by atoms with E-state index in [0.29, 0.717) is 5.41 Å². The van der Waals surface area contributed by atoms with E-state index < -0.39 is 0 Å². The Balaban J connectivity index is 4.09.